The van der Waals surface area contributed by atoms with Gasteiger partial charge in [0.25, 0.3) is 11.8 Å². The highest BCUT2D eigenvalue weighted by Crippen LogP contribution is 2.26. The molecule has 3 aliphatic heterocycles. The third kappa shape index (κ3) is 2.20. The number of amides is 4. The fourth-order valence-corrected chi connectivity index (χ4v) is 3.84. The molecule has 120 valence electrons. The van der Waals surface area contributed by atoms with Crippen LogP contribution in [0.2, 0.25) is 0 Å². The second-order valence-electron chi connectivity index (χ2n) is 6.38. The molecule has 0 radical (unpaired) electrons. The standard InChI is InChI=1S/C17H19N3O3/c21-15-13-6-1-2-7-14(13)16(22)20(15)10-4-8-18-11-12-5-3-9-19(12)17(18)23/h1-2,6-7,12H,3-5,8-11H2/t12-/m1/s1. The highest BCUT2D eigenvalue weighted by atomic mass is 16.2. The van der Waals surface area contributed by atoms with Gasteiger partial charge in [-0.2, -0.15) is 0 Å². The molecule has 0 spiro atoms. The summed E-state index contributed by atoms with van der Waals surface area (Å²) in [7, 11) is 0. The zero-order valence-electron chi connectivity index (χ0n) is 12.9. The Morgan fingerprint density at radius 1 is 1.00 bits per heavy atom. The van der Waals surface area contributed by atoms with Crippen LogP contribution >= 0.6 is 0 Å². The van der Waals surface area contributed by atoms with Crippen LogP contribution in [0.15, 0.2) is 24.3 Å². The molecule has 4 amide bonds. The minimum atomic E-state index is -0.223. The Kier molecular flexibility index (Phi) is 3.32. The van der Waals surface area contributed by atoms with Crippen molar-refractivity contribution in [3.63, 3.8) is 0 Å². The van der Waals surface area contributed by atoms with Crippen LogP contribution in [-0.2, 0) is 0 Å². The number of hydrogen-bond acceptors (Lipinski definition) is 3. The highest BCUT2D eigenvalue weighted by Gasteiger charge is 2.40. The van der Waals surface area contributed by atoms with Crippen molar-refractivity contribution in [1.29, 1.82) is 0 Å². The Hall–Kier alpha value is -2.37. The second-order valence-corrected chi connectivity index (χ2v) is 6.38. The van der Waals surface area contributed by atoms with Gasteiger partial charge in [-0.15, -0.1) is 0 Å². The van der Waals surface area contributed by atoms with E-state index in [1.54, 1.807) is 24.3 Å². The fourth-order valence-electron chi connectivity index (χ4n) is 3.84. The van der Waals surface area contributed by atoms with Gasteiger partial charge in [-0.3, -0.25) is 14.5 Å². The van der Waals surface area contributed by atoms with Gasteiger partial charge in [0, 0.05) is 26.2 Å². The lowest BCUT2D eigenvalue weighted by Crippen LogP contribution is -2.35. The maximum Gasteiger partial charge on any atom is 0.320 e. The maximum absolute atomic E-state index is 12.3. The molecule has 0 aromatic heterocycles. The van der Waals surface area contributed by atoms with E-state index in [-0.39, 0.29) is 17.8 Å². The molecular formula is C17H19N3O3. The Morgan fingerprint density at radius 2 is 1.70 bits per heavy atom. The zero-order valence-corrected chi connectivity index (χ0v) is 12.9. The topological polar surface area (TPSA) is 60.9 Å². The molecular weight excluding hydrogens is 294 g/mol. The Labute approximate surface area is 134 Å². The lowest BCUT2D eigenvalue weighted by atomic mass is 10.1. The summed E-state index contributed by atoms with van der Waals surface area (Å²) in [6.45, 7) is 2.60. The van der Waals surface area contributed by atoms with Crippen LogP contribution in [0.3, 0.4) is 0 Å². The molecule has 6 nitrogen and oxygen atoms in total. The third-order valence-corrected chi connectivity index (χ3v) is 5.01. The van der Waals surface area contributed by atoms with Crippen LogP contribution in [0.4, 0.5) is 4.79 Å². The summed E-state index contributed by atoms with van der Waals surface area (Å²) < 4.78 is 0. The molecule has 3 aliphatic rings. The molecule has 2 fully saturated rings. The van der Waals surface area contributed by atoms with E-state index in [0.717, 1.165) is 25.9 Å². The van der Waals surface area contributed by atoms with Gasteiger partial charge in [0.1, 0.15) is 0 Å². The van der Waals surface area contributed by atoms with Crippen LogP contribution in [0.1, 0.15) is 40.0 Å². The number of benzene rings is 1. The quantitative estimate of drug-likeness (QED) is 0.793. The van der Waals surface area contributed by atoms with Gasteiger partial charge in [0.05, 0.1) is 17.2 Å². The second kappa shape index (κ2) is 5.37. The lowest BCUT2D eigenvalue weighted by Gasteiger charge is -2.19. The van der Waals surface area contributed by atoms with Gasteiger partial charge < -0.3 is 9.80 Å². The zero-order chi connectivity index (χ0) is 16.0. The van der Waals surface area contributed by atoms with E-state index in [1.807, 2.05) is 9.80 Å². The van der Waals surface area contributed by atoms with Gasteiger partial charge >= 0.3 is 6.03 Å². The van der Waals surface area contributed by atoms with E-state index in [4.69, 9.17) is 0 Å². The van der Waals surface area contributed by atoms with E-state index in [1.165, 1.54) is 4.90 Å². The summed E-state index contributed by atoms with van der Waals surface area (Å²) in [6, 6.07) is 7.38. The van der Waals surface area contributed by atoms with E-state index in [0.29, 0.717) is 36.7 Å². The highest BCUT2D eigenvalue weighted by molar-refractivity contribution is 6.21. The van der Waals surface area contributed by atoms with Crippen LogP contribution in [0, 0.1) is 0 Å². The molecule has 4 rings (SSSR count). The number of carbonyl (C=O) groups excluding carboxylic acids is 3. The largest absolute Gasteiger partial charge is 0.323 e. The normalized spacial score (nSPS) is 23.0. The van der Waals surface area contributed by atoms with Crippen LogP contribution in [0.25, 0.3) is 0 Å². The Bertz CT molecular complexity index is 652. The van der Waals surface area contributed by atoms with Crippen molar-refractivity contribution >= 4 is 17.8 Å². The Balaban J connectivity index is 1.35. The van der Waals surface area contributed by atoms with Crippen molar-refractivity contribution in [3.8, 4) is 0 Å². The van der Waals surface area contributed by atoms with Gasteiger partial charge in [-0.1, -0.05) is 12.1 Å². The molecule has 0 bridgehead atoms. The molecule has 0 saturated carbocycles. The van der Waals surface area contributed by atoms with Crippen molar-refractivity contribution in [1.82, 2.24) is 14.7 Å². The average molecular weight is 313 g/mol. The van der Waals surface area contributed by atoms with Crippen molar-refractivity contribution in [2.45, 2.75) is 25.3 Å². The van der Waals surface area contributed by atoms with E-state index < -0.39 is 0 Å². The molecule has 1 atom stereocenters. The van der Waals surface area contributed by atoms with Crippen LogP contribution in [-0.4, -0.2) is 64.8 Å². The molecule has 0 unspecified atom stereocenters. The first kappa shape index (κ1) is 14.2. The molecule has 0 aliphatic carbocycles. The average Bonchev–Trinajstić information content (AvgIpc) is 3.20. The minimum absolute atomic E-state index is 0.106. The number of fused-ring (bicyclic) bond motifs is 2. The molecule has 23 heavy (non-hydrogen) atoms. The molecule has 0 N–H and O–H groups in total. The van der Waals surface area contributed by atoms with Crippen molar-refractivity contribution in [2.75, 3.05) is 26.2 Å². The smallest absolute Gasteiger partial charge is 0.320 e. The maximum atomic E-state index is 12.3. The first-order chi connectivity index (χ1) is 11.2. The van der Waals surface area contributed by atoms with Gasteiger partial charge in [-0.05, 0) is 31.4 Å². The number of hydrogen-bond donors (Lipinski definition) is 0. The van der Waals surface area contributed by atoms with Crippen molar-refractivity contribution in [2.24, 2.45) is 0 Å². The minimum Gasteiger partial charge on any atom is -0.323 e. The van der Waals surface area contributed by atoms with E-state index in [9.17, 15) is 14.4 Å². The van der Waals surface area contributed by atoms with Gasteiger partial charge in [-0.25, -0.2) is 4.79 Å². The van der Waals surface area contributed by atoms with Crippen LogP contribution in [0.5, 0.6) is 0 Å². The number of carbonyl (C=O) groups is 3. The summed E-state index contributed by atoms with van der Waals surface area (Å²) in [4.78, 5) is 41.9. The number of urea groups is 1. The monoisotopic (exact) mass is 313 g/mol. The number of rotatable bonds is 4. The summed E-state index contributed by atoms with van der Waals surface area (Å²) in [6.07, 6.45) is 2.80. The molecule has 6 heteroatoms. The van der Waals surface area contributed by atoms with Gasteiger partial charge in [0.15, 0.2) is 0 Å². The van der Waals surface area contributed by atoms with Crippen molar-refractivity contribution in [3.05, 3.63) is 35.4 Å². The first-order valence-corrected chi connectivity index (χ1v) is 8.17. The number of nitrogens with zero attached hydrogens (tertiary/aromatic N) is 3. The fraction of sp³-hybridized carbons (Fsp3) is 0.471. The third-order valence-electron chi connectivity index (χ3n) is 5.01. The van der Waals surface area contributed by atoms with Crippen LogP contribution < -0.4 is 0 Å². The molecule has 2 saturated heterocycles. The summed E-state index contributed by atoms with van der Waals surface area (Å²) >= 11 is 0. The summed E-state index contributed by atoms with van der Waals surface area (Å²) in [5.74, 6) is -0.446. The number of imide groups is 1. The van der Waals surface area contributed by atoms with Crippen molar-refractivity contribution < 1.29 is 14.4 Å². The van der Waals surface area contributed by atoms with E-state index in [2.05, 4.69) is 0 Å². The molecule has 1 aromatic rings. The SMILES string of the molecule is O=C1c2ccccc2C(=O)N1CCCN1C[C@H]2CCCN2C1=O. The molecule has 3 heterocycles. The predicted octanol–water partition coefficient (Wildman–Crippen LogP) is 1.57. The Morgan fingerprint density at radius 3 is 2.35 bits per heavy atom. The van der Waals surface area contributed by atoms with E-state index >= 15 is 0 Å². The first-order valence-electron chi connectivity index (χ1n) is 8.17. The molecule has 1 aromatic carbocycles. The van der Waals surface area contributed by atoms with Gasteiger partial charge in [0.2, 0.25) is 0 Å². The lowest BCUT2D eigenvalue weighted by molar-refractivity contribution is 0.0650. The summed E-state index contributed by atoms with van der Waals surface area (Å²) in [5.41, 5.74) is 0.964. The predicted molar refractivity (Wildman–Crippen MR) is 83.1 cm³/mol. The summed E-state index contributed by atoms with van der Waals surface area (Å²) in [5, 5.41) is 0.